The smallest absolute Gasteiger partial charge is 0.0437 e. The maximum atomic E-state index is 8.93. The molecule has 0 saturated carbocycles. The Labute approximate surface area is 83.4 Å². The molecular weight excluding hydrogens is 182 g/mol. The average Bonchev–Trinajstić information content (AvgIpc) is 2.65. The molecular formula is C10H17NOS. The zero-order valence-electron chi connectivity index (χ0n) is 7.94. The molecule has 0 fully saturated rings. The largest absolute Gasteiger partial charge is 0.396 e. The Hall–Kier alpha value is -0.380. The van der Waals surface area contributed by atoms with Crippen molar-refractivity contribution in [3.63, 3.8) is 0 Å². The van der Waals surface area contributed by atoms with E-state index in [9.17, 15) is 0 Å². The number of hydrogen-bond acceptors (Lipinski definition) is 3. The van der Waals surface area contributed by atoms with Crippen LogP contribution in [0.15, 0.2) is 17.5 Å². The quantitative estimate of drug-likeness (QED) is 0.761. The van der Waals surface area contributed by atoms with Crippen LogP contribution in [0.4, 0.5) is 0 Å². The van der Waals surface area contributed by atoms with Crippen LogP contribution in [0.5, 0.6) is 0 Å². The molecule has 3 heteroatoms. The minimum absolute atomic E-state index is 0.172. The summed E-state index contributed by atoms with van der Waals surface area (Å²) in [6.45, 7) is 2.30. The van der Waals surface area contributed by atoms with E-state index < -0.39 is 0 Å². The fraction of sp³-hybridized carbons (Fsp3) is 0.600. The zero-order chi connectivity index (χ0) is 9.68. The van der Waals surface area contributed by atoms with Crippen LogP contribution >= 0.6 is 11.3 Å². The van der Waals surface area contributed by atoms with E-state index in [4.69, 9.17) is 10.8 Å². The number of nitrogens with two attached hydrogens (primary N) is 1. The lowest BCUT2D eigenvalue weighted by atomic mass is 9.94. The summed E-state index contributed by atoms with van der Waals surface area (Å²) in [5.41, 5.74) is 5.99. The lowest BCUT2D eigenvalue weighted by Crippen LogP contribution is -2.27. The first-order valence-electron chi connectivity index (χ1n) is 4.69. The van der Waals surface area contributed by atoms with Gasteiger partial charge in [0.15, 0.2) is 0 Å². The molecule has 0 radical (unpaired) electrons. The molecule has 74 valence electrons. The van der Waals surface area contributed by atoms with Crippen LogP contribution in [-0.2, 0) is 0 Å². The topological polar surface area (TPSA) is 46.2 Å². The maximum Gasteiger partial charge on any atom is 0.0437 e. The highest BCUT2D eigenvalue weighted by molar-refractivity contribution is 7.10. The van der Waals surface area contributed by atoms with Gasteiger partial charge in [-0.05, 0) is 24.3 Å². The highest BCUT2D eigenvalue weighted by Crippen LogP contribution is 2.27. The monoisotopic (exact) mass is 199 g/mol. The zero-order valence-corrected chi connectivity index (χ0v) is 8.76. The minimum atomic E-state index is 0.172. The van der Waals surface area contributed by atoms with Crippen molar-refractivity contribution in [3.8, 4) is 0 Å². The highest BCUT2D eigenvalue weighted by Gasteiger charge is 2.18. The lowest BCUT2D eigenvalue weighted by Gasteiger charge is -2.20. The maximum absolute atomic E-state index is 8.93. The molecule has 0 saturated heterocycles. The van der Waals surface area contributed by atoms with E-state index in [1.807, 2.05) is 6.07 Å². The molecule has 13 heavy (non-hydrogen) atoms. The Morgan fingerprint density at radius 3 is 2.85 bits per heavy atom. The van der Waals surface area contributed by atoms with Crippen molar-refractivity contribution in [2.45, 2.75) is 31.7 Å². The van der Waals surface area contributed by atoms with E-state index in [2.05, 4.69) is 18.4 Å². The summed E-state index contributed by atoms with van der Waals surface area (Å²) in [4.78, 5) is 1.29. The Kier molecular flexibility index (Phi) is 4.42. The Morgan fingerprint density at radius 1 is 1.62 bits per heavy atom. The van der Waals surface area contributed by atoms with Crippen molar-refractivity contribution in [2.75, 3.05) is 6.61 Å². The van der Waals surface area contributed by atoms with Gasteiger partial charge in [-0.3, -0.25) is 0 Å². The molecule has 0 amide bonds. The molecule has 1 aromatic rings. The third kappa shape index (κ3) is 2.79. The molecule has 0 aromatic carbocycles. The second-order valence-electron chi connectivity index (χ2n) is 3.21. The van der Waals surface area contributed by atoms with Crippen molar-refractivity contribution < 1.29 is 5.11 Å². The molecule has 1 heterocycles. The molecule has 2 unspecified atom stereocenters. The third-order valence-corrected chi connectivity index (χ3v) is 3.34. The summed E-state index contributed by atoms with van der Waals surface area (Å²) in [5.74, 6) is 0.329. The molecule has 2 nitrogen and oxygen atoms in total. The van der Waals surface area contributed by atoms with Crippen LogP contribution in [0.25, 0.3) is 0 Å². The number of thiophene rings is 1. The van der Waals surface area contributed by atoms with Gasteiger partial charge in [-0.2, -0.15) is 0 Å². The van der Waals surface area contributed by atoms with Crippen LogP contribution in [-0.4, -0.2) is 17.8 Å². The highest BCUT2D eigenvalue weighted by atomic mass is 32.1. The Bertz CT molecular complexity index is 223. The Balaban J connectivity index is 2.68. The van der Waals surface area contributed by atoms with E-state index >= 15 is 0 Å². The van der Waals surface area contributed by atoms with Crippen molar-refractivity contribution in [1.82, 2.24) is 0 Å². The predicted molar refractivity (Wildman–Crippen MR) is 57.0 cm³/mol. The van der Waals surface area contributed by atoms with Crippen molar-refractivity contribution in [1.29, 1.82) is 0 Å². The summed E-state index contributed by atoms with van der Waals surface area (Å²) >= 11 is 1.72. The van der Waals surface area contributed by atoms with Gasteiger partial charge in [0, 0.05) is 23.4 Å². The van der Waals surface area contributed by atoms with E-state index in [1.54, 1.807) is 11.3 Å². The first-order chi connectivity index (χ1) is 6.29. The standard InChI is InChI=1S/C10H17NOS/c1-2-9(11)8(5-6-12)10-4-3-7-13-10/h3-4,7-9,12H,2,5-6,11H2,1H3. The Morgan fingerprint density at radius 2 is 2.38 bits per heavy atom. The van der Waals surface area contributed by atoms with Gasteiger partial charge in [0.25, 0.3) is 0 Å². The minimum Gasteiger partial charge on any atom is -0.396 e. The van der Waals surface area contributed by atoms with Crippen molar-refractivity contribution in [2.24, 2.45) is 5.73 Å². The number of aliphatic hydroxyl groups is 1. The number of rotatable bonds is 5. The fourth-order valence-electron chi connectivity index (χ4n) is 1.49. The average molecular weight is 199 g/mol. The molecule has 0 aliphatic carbocycles. The van der Waals surface area contributed by atoms with Gasteiger partial charge >= 0.3 is 0 Å². The van der Waals surface area contributed by atoms with E-state index in [0.29, 0.717) is 5.92 Å². The molecule has 0 aliphatic heterocycles. The van der Waals surface area contributed by atoms with Gasteiger partial charge in [-0.1, -0.05) is 13.0 Å². The van der Waals surface area contributed by atoms with E-state index in [1.165, 1.54) is 4.88 Å². The molecule has 1 aromatic heterocycles. The fourth-order valence-corrected chi connectivity index (χ4v) is 2.43. The normalized spacial score (nSPS) is 15.6. The van der Waals surface area contributed by atoms with Gasteiger partial charge in [0.05, 0.1) is 0 Å². The summed E-state index contributed by atoms with van der Waals surface area (Å²) in [5, 5.41) is 11.0. The SMILES string of the molecule is CCC(N)C(CCO)c1cccs1. The molecule has 0 bridgehead atoms. The van der Waals surface area contributed by atoms with Crippen molar-refractivity contribution >= 4 is 11.3 Å². The van der Waals surface area contributed by atoms with Gasteiger partial charge < -0.3 is 10.8 Å². The van der Waals surface area contributed by atoms with Crippen LogP contribution in [0.1, 0.15) is 30.6 Å². The number of hydrogen-bond donors (Lipinski definition) is 2. The predicted octanol–water partition coefficient (Wildman–Crippen LogP) is 1.95. The van der Waals surface area contributed by atoms with Crippen LogP contribution in [0.2, 0.25) is 0 Å². The van der Waals surface area contributed by atoms with Crippen LogP contribution in [0.3, 0.4) is 0 Å². The van der Waals surface area contributed by atoms with Gasteiger partial charge in [-0.15, -0.1) is 11.3 Å². The molecule has 1 rings (SSSR count). The van der Waals surface area contributed by atoms with Crippen LogP contribution < -0.4 is 5.73 Å². The van der Waals surface area contributed by atoms with E-state index in [0.717, 1.165) is 12.8 Å². The molecule has 0 spiro atoms. The third-order valence-electron chi connectivity index (χ3n) is 2.34. The second kappa shape index (κ2) is 5.37. The van der Waals surface area contributed by atoms with Gasteiger partial charge in [-0.25, -0.2) is 0 Å². The molecule has 0 aliphatic rings. The van der Waals surface area contributed by atoms with Gasteiger partial charge in [0.2, 0.25) is 0 Å². The summed E-state index contributed by atoms with van der Waals surface area (Å²) in [7, 11) is 0. The molecule has 3 N–H and O–H groups in total. The van der Waals surface area contributed by atoms with Crippen LogP contribution in [0, 0.1) is 0 Å². The summed E-state index contributed by atoms with van der Waals surface area (Å²) < 4.78 is 0. The number of aliphatic hydroxyl groups excluding tert-OH is 1. The van der Waals surface area contributed by atoms with Gasteiger partial charge in [0.1, 0.15) is 0 Å². The second-order valence-corrected chi connectivity index (χ2v) is 4.19. The summed E-state index contributed by atoms with van der Waals surface area (Å²) in [6, 6.07) is 4.30. The summed E-state index contributed by atoms with van der Waals surface area (Å²) in [6.07, 6.45) is 1.73. The first-order valence-corrected chi connectivity index (χ1v) is 5.57. The lowest BCUT2D eigenvalue weighted by molar-refractivity contribution is 0.267. The first kappa shape index (κ1) is 10.7. The van der Waals surface area contributed by atoms with Crippen molar-refractivity contribution in [3.05, 3.63) is 22.4 Å². The molecule has 2 atom stereocenters. The van der Waals surface area contributed by atoms with E-state index in [-0.39, 0.29) is 12.6 Å².